The molecule has 4 saturated carbocycles. The maximum Gasteiger partial charge on any atom is 0.0953 e. The molecule has 4 rings (SSSR count). The summed E-state index contributed by atoms with van der Waals surface area (Å²) in [5.74, 6) is 2.94. The van der Waals surface area contributed by atoms with Gasteiger partial charge in [0.25, 0.3) is 0 Å². The zero-order valence-electron chi connectivity index (χ0n) is 23.5. The number of aliphatic hydroxyl groups excluding tert-OH is 1. The van der Waals surface area contributed by atoms with Crippen molar-refractivity contribution in [3.8, 4) is 0 Å². The van der Waals surface area contributed by atoms with Crippen LogP contribution in [-0.2, 0) is 9.47 Å². The number of hydrogen-bond acceptors (Lipinski definition) is 3. The molecule has 0 aliphatic heterocycles. The fourth-order valence-corrected chi connectivity index (χ4v) is 10.3. The molecule has 4 fully saturated rings. The van der Waals surface area contributed by atoms with Crippen molar-refractivity contribution in [1.29, 1.82) is 0 Å². The predicted molar refractivity (Wildman–Crippen MR) is 140 cm³/mol. The van der Waals surface area contributed by atoms with Gasteiger partial charge in [0, 0.05) is 18.9 Å². The molecule has 4 aliphatic rings. The van der Waals surface area contributed by atoms with E-state index < -0.39 is 0 Å². The summed E-state index contributed by atoms with van der Waals surface area (Å²) < 4.78 is 12.0. The van der Waals surface area contributed by atoms with Crippen molar-refractivity contribution in [1.82, 2.24) is 0 Å². The van der Waals surface area contributed by atoms with Gasteiger partial charge in [0.2, 0.25) is 0 Å². The van der Waals surface area contributed by atoms with E-state index in [0.717, 1.165) is 31.4 Å². The Morgan fingerprint density at radius 2 is 1.56 bits per heavy atom. The molecule has 0 aromatic rings. The van der Waals surface area contributed by atoms with Crippen LogP contribution in [0.4, 0.5) is 0 Å². The second kappa shape index (κ2) is 8.94. The minimum atomic E-state index is -0.253. The molecule has 0 heterocycles. The zero-order chi connectivity index (χ0) is 25.1. The van der Waals surface area contributed by atoms with Crippen LogP contribution in [0.15, 0.2) is 23.5 Å². The molecule has 3 nitrogen and oxygen atoms in total. The van der Waals surface area contributed by atoms with Crippen LogP contribution in [0, 0.1) is 45.3 Å². The average Bonchev–Trinajstić information content (AvgIpc) is 3.12. The van der Waals surface area contributed by atoms with Crippen LogP contribution in [0.25, 0.3) is 0 Å². The Hall–Kier alpha value is -0.800. The first-order valence-electron chi connectivity index (χ1n) is 13.9. The van der Waals surface area contributed by atoms with E-state index in [2.05, 4.69) is 60.6 Å². The second-order valence-electron chi connectivity index (χ2n) is 13.9. The average molecular weight is 473 g/mol. The molecule has 0 amide bonds. The maximum atomic E-state index is 11.8. The highest BCUT2D eigenvalue weighted by molar-refractivity contribution is 5.22. The number of aliphatic hydroxyl groups is 1. The number of methoxy groups -OCH3 is 2. The van der Waals surface area contributed by atoms with E-state index in [1.165, 1.54) is 31.3 Å². The molecule has 0 bridgehead atoms. The van der Waals surface area contributed by atoms with Crippen LogP contribution in [0.2, 0.25) is 0 Å². The van der Waals surface area contributed by atoms with Crippen molar-refractivity contribution in [2.75, 3.05) is 14.2 Å². The van der Waals surface area contributed by atoms with Gasteiger partial charge in [0.1, 0.15) is 0 Å². The molecule has 34 heavy (non-hydrogen) atoms. The first kappa shape index (κ1) is 26.3. The molecule has 194 valence electrons. The van der Waals surface area contributed by atoms with E-state index >= 15 is 0 Å². The number of fused-ring (bicyclic) bond motifs is 5. The third kappa shape index (κ3) is 3.66. The van der Waals surface area contributed by atoms with Gasteiger partial charge in [-0.05, 0) is 105 Å². The lowest BCUT2D eigenvalue weighted by molar-refractivity contribution is -0.243. The third-order valence-electron chi connectivity index (χ3n) is 12.1. The Balaban J connectivity index is 1.68. The van der Waals surface area contributed by atoms with Crippen LogP contribution in [0.3, 0.4) is 0 Å². The van der Waals surface area contributed by atoms with Gasteiger partial charge in [-0.3, -0.25) is 0 Å². The summed E-state index contributed by atoms with van der Waals surface area (Å²) in [6.07, 6.45) is 13.7. The molecule has 4 aliphatic carbocycles. The van der Waals surface area contributed by atoms with Gasteiger partial charge in [0.05, 0.1) is 25.1 Å². The smallest absolute Gasteiger partial charge is 0.0953 e. The van der Waals surface area contributed by atoms with Gasteiger partial charge in [-0.2, -0.15) is 0 Å². The lowest BCUT2D eigenvalue weighted by Gasteiger charge is -2.70. The van der Waals surface area contributed by atoms with E-state index in [0.29, 0.717) is 23.9 Å². The fourth-order valence-electron chi connectivity index (χ4n) is 10.3. The largest absolute Gasteiger partial charge is 0.501 e. The minimum Gasteiger partial charge on any atom is -0.501 e. The highest BCUT2D eigenvalue weighted by atomic mass is 16.5. The summed E-state index contributed by atoms with van der Waals surface area (Å²) in [5.41, 5.74) is 2.19. The van der Waals surface area contributed by atoms with Crippen LogP contribution in [-0.4, -0.2) is 31.5 Å². The Labute approximate surface area is 209 Å². The molecule has 0 spiro atoms. The van der Waals surface area contributed by atoms with Gasteiger partial charge >= 0.3 is 0 Å². The number of ether oxygens (including phenoxy) is 2. The summed E-state index contributed by atoms with van der Waals surface area (Å²) in [7, 11) is 3.72. The van der Waals surface area contributed by atoms with Crippen LogP contribution in [0.5, 0.6) is 0 Å². The summed E-state index contributed by atoms with van der Waals surface area (Å²) in [4.78, 5) is 0. The molecule has 8 unspecified atom stereocenters. The monoisotopic (exact) mass is 472 g/mol. The lowest BCUT2D eigenvalue weighted by Crippen LogP contribution is -2.66. The number of hydrogen-bond donors (Lipinski definition) is 1. The SMILES string of the molecule is CO/C(=C/CC=C(C)C)C1CC[C@]2(C)C1C(O)CC1C3(C)CCC(OC)C(C)(C)C3CCC12C. The van der Waals surface area contributed by atoms with Crippen molar-refractivity contribution >= 4 is 0 Å². The second-order valence-corrected chi connectivity index (χ2v) is 13.9. The van der Waals surface area contributed by atoms with Crippen molar-refractivity contribution in [2.24, 2.45) is 45.3 Å². The topological polar surface area (TPSA) is 38.7 Å². The highest BCUT2D eigenvalue weighted by Gasteiger charge is 2.70. The van der Waals surface area contributed by atoms with Gasteiger partial charge in [0.15, 0.2) is 0 Å². The molecule has 3 heteroatoms. The Bertz CT molecular complexity index is 823. The van der Waals surface area contributed by atoms with E-state index in [4.69, 9.17) is 9.47 Å². The first-order valence-corrected chi connectivity index (χ1v) is 13.9. The van der Waals surface area contributed by atoms with Crippen molar-refractivity contribution < 1.29 is 14.6 Å². The molecule has 0 aromatic carbocycles. The summed E-state index contributed by atoms with van der Waals surface area (Å²) in [6, 6.07) is 0. The van der Waals surface area contributed by atoms with Crippen molar-refractivity contribution in [2.45, 2.75) is 112 Å². The summed E-state index contributed by atoms with van der Waals surface area (Å²) in [5, 5.41) is 11.8. The Morgan fingerprint density at radius 3 is 2.18 bits per heavy atom. The molecular weight excluding hydrogens is 420 g/mol. The maximum absolute atomic E-state index is 11.8. The van der Waals surface area contributed by atoms with Crippen LogP contribution in [0.1, 0.15) is 99.8 Å². The molecule has 0 aromatic heterocycles. The van der Waals surface area contributed by atoms with Crippen LogP contribution < -0.4 is 0 Å². The van der Waals surface area contributed by atoms with Crippen LogP contribution >= 0.6 is 0 Å². The molecule has 0 radical (unpaired) electrons. The normalized spacial score (nSPS) is 47.9. The number of allylic oxidation sites excluding steroid dienone is 4. The van der Waals surface area contributed by atoms with E-state index in [9.17, 15) is 5.11 Å². The summed E-state index contributed by atoms with van der Waals surface area (Å²) >= 11 is 0. The van der Waals surface area contributed by atoms with E-state index in [1.54, 1.807) is 0 Å². The van der Waals surface area contributed by atoms with Gasteiger partial charge in [-0.1, -0.05) is 46.3 Å². The zero-order valence-corrected chi connectivity index (χ0v) is 23.5. The van der Waals surface area contributed by atoms with Crippen molar-refractivity contribution in [3.05, 3.63) is 23.5 Å². The molecule has 0 saturated heterocycles. The fraction of sp³-hybridized carbons (Fsp3) is 0.871. The van der Waals surface area contributed by atoms with Crippen molar-refractivity contribution in [3.63, 3.8) is 0 Å². The quantitative estimate of drug-likeness (QED) is 0.332. The predicted octanol–water partition coefficient (Wildman–Crippen LogP) is 7.54. The highest BCUT2D eigenvalue weighted by Crippen LogP contribution is 2.75. The minimum absolute atomic E-state index is 0.143. The van der Waals surface area contributed by atoms with E-state index in [1.807, 2.05) is 14.2 Å². The molecule has 1 N–H and O–H groups in total. The molecular formula is C31H52O3. The van der Waals surface area contributed by atoms with Gasteiger partial charge < -0.3 is 14.6 Å². The van der Waals surface area contributed by atoms with E-state index in [-0.39, 0.29) is 33.7 Å². The number of rotatable bonds is 5. The first-order chi connectivity index (χ1) is 15.9. The lowest BCUT2D eigenvalue weighted by atomic mass is 9.35. The Morgan fingerprint density at radius 1 is 0.882 bits per heavy atom. The Kier molecular flexibility index (Phi) is 6.91. The van der Waals surface area contributed by atoms with Gasteiger partial charge in [-0.25, -0.2) is 0 Å². The summed E-state index contributed by atoms with van der Waals surface area (Å²) in [6.45, 7) is 16.9. The molecule has 9 atom stereocenters. The van der Waals surface area contributed by atoms with Gasteiger partial charge in [-0.15, -0.1) is 0 Å². The third-order valence-corrected chi connectivity index (χ3v) is 12.1. The standard InChI is InChI=1S/C31H52O3/c1-20(2)11-10-12-23(33-8)21-13-17-31(7)27(21)22(32)19-25-29(5)16-15-26(34-9)28(3,4)24(29)14-18-30(25,31)6/h11-12,21-22,24-27,32H,10,13-19H2,1-9H3/b23-12+/t21?,22?,24?,25?,26?,27?,29?,30?,31-/m1/s1.